The van der Waals surface area contributed by atoms with E-state index in [-0.39, 0.29) is 31.1 Å². The number of allylic oxidation sites excluding steroid dienone is 18. The fourth-order valence-electron chi connectivity index (χ4n) is 8.75. The predicted octanol–water partition coefficient (Wildman–Crippen LogP) is 21.8. The molecule has 0 fully saturated rings. The highest BCUT2D eigenvalue weighted by molar-refractivity contribution is 5.71. The van der Waals surface area contributed by atoms with Crippen molar-refractivity contribution in [2.24, 2.45) is 0 Å². The Hall–Kier alpha value is -3.93. The SMILES string of the molecule is CC/C=C\C/C=C\C/C=C\C/C=C\C/C=C\C/C=C\C/C=C\C/C=C\CCCCCCCCC(=O)OCC(COC(=O)CCCCCCC/C=C\CCCCC)OC(=O)CCCCCCCCCCCCCCCCC. The third-order valence-corrected chi connectivity index (χ3v) is 13.5. The molecule has 1 atom stereocenters. The van der Waals surface area contributed by atoms with Gasteiger partial charge in [0.05, 0.1) is 0 Å². The summed E-state index contributed by atoms with van der Waals surface area (Å²) in [6.45, 7) is 6.50. The molecule has 434 valence electrons. The van der Waals surface area contributed by atoms with Gasteiger partial charge in [-0.3, -0.25) is 14.4 Å². The Morgan fingerprint density at radius 1 is 0.276 bits per heavy atom. The van der Waals surface area contributed by atoms with E-state index in [1.165, 1.54) is 128 Å². The molecule has 0 aromatic carbocycles. The second kappa shape index (κ2) is 63.6. The van der Waals surface area contributed by atoms with Crippen LogP contribution in [0.3, 0.4) is 0 Å². The molecule has 0 saturated carbocycles. The Morgan fingerprint density at radius 3 is 0.842 bits per heavy atom. The average molecular weight is 1060 g/mol. The van der Waals surface area contributed by atoms with Crippen molar-refractivity contribution in [3.63, 3.8) is 0 Å². The Bertz CT molecular complexity index is 1540. The van der Waals surface area contributed by atoms with Crippen molar-refractivity contribution in [2.45, 2.75) is 303 Å². The third-order valence-electron chi connectivity index (χ3n) is 13.5. The van der Waals surface area contributed by atoms with Crippen LogP contribution in [0, 0.1) is 0 Å². The smallest absolute Gasteiger partial charge is 0.306 e. The van der Waals surface area contributed by atoms with Crippen LogP contribution in [0.5, 0.6) is 0 Å². The van der Waals surface area contributed by atoms with Gasteiger partial charge in [0, 0.05) is 19.3 Å². The minimum Gasteiger partial charge on any atom is -0.462 e. The molecule has 0 spiro atoms. The molecule has 0 saturated heterocycles. The summed E-state index contributed by atoms with van der Waals surface area (Å²) in [7, 11) is 0. The van der Waals surface area contributed by atoms with Gasteiger partial charge in [0.25, 0.3) is 0 Å². The predicted molar refractivity (Wildman–Crippen MR) is 330 cm³/mol. The molecular formula is C70H118O6. The van der Waals surface area contributed by atoms with Crippen LogP contribution in [0.25, 0.3) is 0 Å². The maximum absolute atomic E-state index is 12.9. The zero-order chi connectivity index (χ0) is 55.0. The van der Waals surface area contributed by atoms with E-state index >= 15 is 0 Å². The van der Waals surface area contributed by atoms with E-state index in [0.29, 0.717) is 19.3 Å². The van der Waals surface area contributed by atoms with Gasteiger partial charge in [-0.2, -0.15) is 0 Å². The number of unbranched alkanes of at least 4 members (excludes halogenated alkanes) is 28. The molecule has 0 aromatic rings. The van der Waals surface area contributed by atoms with Gasteiger partial charge in [0.2, 0.25) is 0 Å². The minimum atomic E-state index is -0.787. The lowest BCUT2D eigenvalue weighted by Crippen LogP contribution is -2.30. The molecule has 0 aliphatic heterocycles. The number of hydrogen-bond donors (Lipinski definition) is 0. The fraction of sp³-hybridized carbons (Fsp3) is 0.700. The highest BCUT2D eigenvalue weighted by Gasteiger charge is 2.19. The lowest BCUT2D eigenvalue weighted by Gasteiger charge is -2.18. The summed E-state index contributed by atoms with van der Waals surface area (Å²) in [6.07, 6.45) is 86.6. The van der Waals surface area contributed by atoms with Crippen LogP contribution in [-0.4, -0.2) is 37.2 Å². The first-order valence-corrected chi connectivity index (χ1v) is 31.9. The van der Waals surface area contributed by atoms with Crippen molar-refractivity contribution >= 4 is 17.9 Å². The summed E-state index contributed by atoms with van der Waals surface area (Å²) < 4.78 is 16.9. The number of esters is 3. The van der Waals surface area contributed by atoms with Crippen molar-refractivity contribution in [3.05, 3.63) is 109 Å². The van der Waals surface area contributed by atoms with E-state index < -0.39 is 6.10 Å². The van der Waals surface area contributed by atoms with E-state index in [1.54, 1.807) is 0 Å². The van der Waals surface area contributed by atoms with Crippen LogP contribution >= 0.6 is 0 Å². The van der Waals surface area contributed by atoms with Gasteiger partial charge >= 0.3 is 17.9 Å². The van der Waals surface area contributed by atoms with Gasteiger partial charge in [-0.15, -0.1) is 0 Å². The molecule has 0 aromatic heterocycles. The molecular weight excluding hydrogens is 937 g/mol. The minimum absolute atomic E-state index is 0.0851. The highest BCUT2D eigenvalue weighted by atomic mass is 16.6. The first kappa shape index (κ1) is 72.1. The number of hydrogen-bond acceptors (Lipinski definition) is 6. The maximum atomic E-state index is 12.9. The van der Waals surface area contributed by atoms with E-state index in [2.05, 4.69) is 130 Å². The van der Waals surface area contributed by atoms with Gasteiger partial charge in [-0.1, -0.05) is 278 Å². The van der Waals surface area contributed by atoms with E-state index in [9.17, 15) is 14.4 Å². The van der Waals surface area contributed by atoms with Crippen LogP contribution < -0.4 is 0 Å². The Morgan fingerprint density at radius 2 is 0.513 bits per heavy atom. The molecule has 1 unspecified atom stereocenters. The zero-order valence-electron chi connectivity index (χ0n) is 49.7. The van der Waals surface area contributed by atoms with Crippen molar-refractivity contribution in [3.8, 4) is 0 Å². The van der Waals surface area contributed by atoms with Crippen LogP contribution in [0.1, 0.15) is 297 Å². The van der Waals surface area contributed by atoms with Gasteiger partial charge in [-0.25, -0.2) is 0 Å². The van der Waals surface area contributed by atoms with Crippen molar-refractivity contribution < 1.29 is 28.6 Å². The fourth-order valence-corrected chi connectivity index (χ4v) is 8.75. The summed E-state index contributed by atoms with van der Waals surface area (Å²) >= 11 is 0. The molecule has 0 radical (unpaired) electrons. The van der Waals surface area contributed by atoms with Gasteiger partial charge in [-0.05, 0) is 109 Å². The number of carbonyl (C=O) groups excluding carboxylic acids is 3. The Balaban J connectivity index is 4.29. The first-order valence-electron chi connectivity index (χ1n) is 31.9. The Kier molecular flexibility index (Phi) is 60.3. The summed E-state index contributed by atoms with van der Waals surface area (Å²) in [5.41, 5.74) is 0. The average Bonchev–Trinajstić information content (AvgIpc) is 3.42. The quantitative estimate of drug-likeness (QED) is 0.0261. The molecule has 0 rings (SSSR count). The van der Waals surface area contributed by atoms with Crippen LogP contribution in [0.2, 0.25) is 0 Å². The first-order chi connectivity index (χ1) is 37.5. The number of carbonyl (C=O) groups is 3. The maximum Gasteiger partial charge on any atom is 0.306 e. The van der Waals surface area contributed by atoms with Crippen LogP contribution in [0.15, 0.2) is 109 Å². The molecule has 6 heteroatoms. The van der Waals surface area contributed by atoms with Gasteiger partial charge < -0.3 is 14.2 Å². The van der Waals surface area contributed by atoms with Crippen LogP contribution in [-0.2, 0) is 28.6 Å². The normalized spacial score (nSPS) is 12.8. The molecule has 0 heterocycles. The number of ether oxygens (including phenoxy) is 3. The largest absolute Gasteiger partial charge is 0.462 e. The Labute approximate surface area is 470 Å². The van der Waals surface area contributed by atoms with Crippen LogP contribution in [0.4, 0.5) is 0 Å². The van der Waals surface area contributed by atoms with Crippen molar-refractivity contribution in [2.75, 3.05) is 13.2 Å². The van der Waals surface area contributed by atoms with Crippen molar-refractivity contribution in [1.82, 2.24) is 0 Å². The molecule has 0 amide bonds. The third kappa shape index (κ3) is 60.9. The molecule has 0 N–H and O–H groups in total. The van der Waals surface area contributed by atoms with Gasteiger partial charge in [0.15, 0.2) is 6.10 Å². The summed E-state index contributed by atoms with van der Waals surface area (Å²) in [5.74, 6) is -0.901. The molecule has 0 bridgehead atoms. The topological polar surface area (TPSA) is 78.9 Å². The van der Waals surface area contributed by atoms with Crippen molar-refractivity contribution in [1.29, 1.82) is 0 Å². The van der Waals surface area contributed by atoms with Gasteiger partial charge in [0.1, 0.15) is 13.2 Å². The zero-order valence-corrected chi connectivity index (χ0v) is 49.7. The standard InChI is InChI=1S/C70H118O6/c1-4-7-10-13-16-19-22-25-27-28-29-30-31-32-33-34-35-36-37-38-39-40-41-42-44-45-48-51-54-57-60-63-69(72)75-66-67(65-74-68(71)62-59-56-53-50-47-24-21-18-15-12-9-6-3)76-70(73)64-61-58-55-52-49-46-43-26-23-20-17-14-11-8-5-2/h7,10,16,18-19,21,25,27,29-30,32-33,35-36,38-39,41-42,67H,4-6,8-9,11-15,17,20,22-24,26,28,31,34,37,40,43-66H2,1-3H3/b10-7-,19-16-,21-18-,27-25-,30-29-,33-32-,36-35-,39-38-,42-41-. The highest BCUT2D eigenvalue weighted by Crippen LogP contribution is 2.16. The lowest BCUT2D eigenvalue weighted by atomic mass is 10.0. The summed E-state index contributed by atoms with van der Waals surface area (Å²) in [6, 6.07) is 0. The lowest BCUT2D eigenvalue weighted by molar-refractivity contribution is -0.167. The molecule has 0 aliphatic rings. The summed E-state index contributed by atoms with van der Waals surface area (Å²) in [5, 5.41) is 0. The summed E-state index contributed by atoms with van der Waals surface area (Å²) in [4.78, 5) is 38.2. The second-order valence-corrected chi connectivity index (χ2v) is 20.9. The van der Waals surface area contributed by atoms with E-state index in [4.69, 9.17) is 14.2 Å². The second-order valence-electron chi connectivity index (χ2n) is 20.9. The molecule has 0 aliphatic carbocycles. The van der Waals surface area contributed by atoms with E-state index in [0.717, 1.165) is 128 Å². The monoisotopic (exact) mass is 1050 g/mol. The molecule has 6 nitrogen and oxygen atoms in total. The number of rotatable bonds is 57. The van der Waals surface area contributed by atoms with E-state index in [1.807, 2.05) is 0 Å². The molecule has 76 heavy (non-hydrogen) atoms.